The number of carbonyl (C=O) groups excluding carboxylic acids is 1. The number of nitrogens with one attached hydrogen (secondary N) is 1. The molecule has 0 unspecified atom stereocenters. The predicted molar refractivity (Wildman–Crippen MR) is 130 cm³/mol. The maximum Gasteiger partial charge on any atom is 0.266 e. The standard InChI is InChI=1S/C24H17BrCl2N2O3/c1-31-22-12-15(10-17(13-28)24(30)29-21-9-5-4-8-20(21)27)11-18(25)23(22)32-14-16-6-2-3-7-19(16)26/h2-12H,14H2,1H3,(H,29,30)/b17-10-. The molecule has 5 nitrogen and oxygen atoms in total. The Bertz CT molecular complexity index is 1220. The second-order valence-corrected chi connectivity index (χ2v) is 8.19. The Balaban J connectivity index is 1.84. The Morgan fingerprint density at radius 1 is 1.12 bits per heavy atom. The van der Waals surface area contributed by atoms with Crippen LogP contribution in [0.15, 0.2) is 70.7 Å². The number of hydrogen-bond donors (Lipinski definition) is 1. The molecule has 0 fully saturated rings. The molecule has 1 N–H and O–H groups in total. The number of rotatable bonds is 7. The number of hydrogen-bond acceptors (Lipinski definition) is 4. The van der Waals surface area contributed by atoms with E-state index in [1.54, 1.807) is 42.5 Å². The molecule has 3 aromatic carbocycles. The third kappa shape index (κ3) is 5.83. The molecule has 8 heteroatoms. The molecule has 0 aliphatic heterocycles. The second-order valence-electron chi connectivity index (χ2n) is 6.52. The van der Waals surface area contributed by atoms with E-state index >= 15 is 0 Å². The summed E-state index contributed by atoms with van der Waals surface area (Å²) >= 11 is 15.7. The lowest BCUT2D eigenvalue weighted by Crippen LogP contribution is -2.13. The van der Waals surface area contributed by atoms with Crippen LogP contribution in [-0.4, -0.2) is 13.0 Å². The second kappa shape index (κ2) is 11.1. The zero-order valence-corrected chi connectivity index (χ0v) is 20.0. The van der Waals surface area contributed by atoms with Gasteiger partial charge in [0, 0.05) is 10.6 Å². The van der Waals surface area contributed by atoms with Crippen LogP contribution < -0.4 is 14.8 Å². The molecule has 162 valence electrons. The maximum atomic E-state index is 12.6. The molecule has 3 rings (SSSR count). The first-order valence-electron chi connectivity index (χ1n) is 9.34. The minimum atomic E-state index is -0.574. The smallest absolute Gasteiger partial charge is 0.266 e. The molecule has 3 aromatic rings. The van der Waals surface area contributed by atoms with Gasteiger partial charge in [-0.3, -0.25) is 4.79 Å². The van der Waals surface area contributed by atoms with Gasteiger partial charge in [-0.25, -0.2) is 0 Å². The van der Waals surface area contributed by atoms with E-state index in [1.807, 2.05) is 24.3 Å². The van der Waals surface area contributed by atoms with Crippen LogP contribution >= 0.6 is 39.1 Å². The van der Waals surface area contributed by atoms with Gasteiger partial charge in [-0.15, -0.1) is 0 Å². The number of amides is 1. The third-order valence-electron chi connectivity index (χ3n) is 4.38. The molecular formula is C24H17BrCl2N2O3. The predicted octanol–water partition coefficient (Wildman–Crippen LogP) is 6.89. The molecule has 0 atom stereocenters. The molecule has 32 heavy (non-hydrogen) atoms. The lowest BCUT2D eigenvalue weighted by Gasteiger charge is -2.14. The quantitative estimate of drug-likeness (QED) is 0.266. The molecule has 0 saturated carbocycles. The van der Waals surface area contributed by atoms with Crippen molar-refractivity contribution in [2.24, 2.45) is 0 Å². The van der Waals surface area contributed by atoms with Gasteiger partial charge in [-0.05, 0) is 57.9 Å². The summed E-state index contributed by atoms with van der Waals surface area (Å²) in [6.45, 7) is 0.244. The van der Waals surface area contributed by atoms with Crippen LogP contribution in [0.5, 0.6) is 11.5 Å². The number of ether oxygens (including phenoxy) is 2. The highest BCUT2D eigenvalue weighted by Gasteiger charge is 2.15. The van der Waals surface area contributed by atoms with Crippen LogP contribution in [0.2, 0.25) is 10.0 Å². The van der Waals surface area contributed by atoms with E-state index in [-0.39, 0.29) is 12.2 Å². The Morgan fingerprint density at radius 3 is 2.47 bits per heavy atom. The molecule has 0 heterocycles. The molecule has 0 aliphatic carbocycles. The highest BCUT2D eigenvalue weighted by atomic mass is 79.9. The number of nitrogens with zero attached hydrogens (tertiary/aromatic N) is 1. The van der Waals surface area contributed by atoms with Gasteiger partial charge in [0.1, 0.15) is 18.2 Å². The highest BCUT2D eigenvalue weighted by molar-refractivity contribution is 9.10. The van der Waals surface area contributed by atoms with Gasteiger partial charge >= 0.3 is 0 Å². The summed E-state index contributed by atoms with van der Waals surface area (Å²) in [5.74, 6) is 0.333. The van der Waals surface area contributed by atoms with E-state index in [4.69, 9.17) is 32.7 Å². The lowest BCUT2D eigenvalue weighted by molar-refractivity contribution is -0.112. The normalized spacial score (nSPS) is 10.9. The Hall–Kier alpha value is -2.98. The SMILES string of the molecule is COc1cc(/C=C(/C#N)C(=O)Nc2ccccc2Cl)cc(Br)c1OCc1ccccc1Cl. The molecule has 0 radical (unpaired) electrons. The highest BCUT2D eigenvalue weighted by Crippen LogP contribution is 2.38. The Labute approximate surface area is 204 Å². The van der Waals surface area contributed by atoms with E-state index in [9.17, 15) is 10.1 Å². The van der Waals surface area contributed by atoms with Crippen LogP contribution in [0, 0.1) is 11.3 Å². The van der Waals surface area contributed by atoms with Gasteiger partial charge in [0.05, 0.1) is 22.3 Å². The number of methoxy groups -OCH3 is 1. The summed E-state index contributed by atoms with van der Waals surface area (Å²) in [5.41, 5.74) is 1.73. The fourth-order valence-corrected chi connectivity index (χ4v) is 3.74. The number of nitriles is 1. The molecule has 0 aliphatic rings. The fraction of sp³-hybridized carbons (Fsp3) is 0.0833. The Kier molecular flexibility index (Phi) is 8.18. The zero-order valence-electron chi connectivity index (χ0n) is 16.9. The molecule has 0 spiro atoms. The number of benzene rings is 3. The van der Waals surface area contributed by atoms with Gasteiger partial charge in [-0.2, -0.15) is 5.26 Å². The van der Waals surface area contributed by atoms with Gasteiger partial charge in [-0.1, -0.05) is 53.5 Å². The minimum Gasteiger partial charge on any atom is -0.493 e. The molecular weight excluding hydrogens is 515 g/mol. The number of anilines is 1. The van der Waals surface area contributed by atoms with Crippen molar-refractivity contribution in [2.45, 2.75) is 6.61 Å². The first-order chi connectivity index (χ1) is 15.4. The van der Waals surface area contributed by atoms with E-state index < -0.39 is 5.91 Å². The topological polar surface area (TPSA) is 71.3 Å². The van der Waals surface area contributed by atoms with E-state index in [2.05, 4.69) is 21.2 Å². The number of carbonyl (C=O) groups is 1. The van der Waals surface area contributed by atoms with Crippen LogP contribution in [0.4, 0.5) is 5.69 Å². The van der Waals surface area contributed by atoms with Gasteiger partial charge in [0.2, 0.25) is 0 Å². The van der Waals surface area contributed by atoms with Crippen LogP contribution in [0.1, 0.15) is 11.1 Å². The lowest BCUT2D eigenvalue weighted by atomic mass is 10.1. The molecule has 1 amide bonds. The monoisotopic (exact) mass is 530 g/mol. The van der Waals surface area contributed by atoms with Crippen molar-refractivity contribution in [2.75, 3.05) is 12.4 Å². The minimum absolute atomic E-state index is 0.0939. The average molecular weight is 532 g/mol. The maximum absolute atomic E-state index is 12.6. The van der Waals surface area contributed by atoms with Crippen molar-refractivity contribution in [3.8, 4) is 17.6 Å². The van der Waals surface area contributed by atoms with E-state index in [1.165, 1.54) is 13.2 Å². The molecule has 0 aromatic heterocycles. The van der Waals surface area contributed by atoms with E-state index in [0.717, 1.165) is 5.56 Å². The summed E-state index contributed by atoms with van der Waals surface area (Å²) in [4.78, 5) is 12.6. The average Bonchev–Trinajstić information content (AvgIpc) is 2.78. The third-order valence-corrected chi connectivity index (χ3v) is 5.67. The summed E-state index contributed by atoms with van der Waals surface area (Å²) in [5, 5.41) is 13.1. The zero-order chi connectivity index (χ0) is 23.1. The van der Waals surface area contributed by atoms with Crippen molar-refractivity contribution in [1.82, 2.24) is 0 Å². The van der Waals surface area contributed by atoms with Crippen molar-refractivity contribution < 1.29 is 14.3 Å². The summed E-state index contributed by atoms with van der Waals surface area (Å²) in [7, 11) is 1.51. The van der Waals surface area contributed by atoms with Gasteiger partial charge in [0.25, 0.3) is 5.91 Å². The van der Waals surface area contributed by atoms with Gasteiger partial charge in [0.15, 0.2) is 11.5 Å². The molecule has 0 saturated heterocycles. The number of para-hydroxylation sites is 1. The first kappa shape index (κ1) is 23.7. The largest absolute Gasteiger partial charge is 0.493 e. The first-order valence-corrected chi connectivity index (χ1v) is 10.9. The summed E-state index contributed by atoms with van der Waals surface area (Å²) < 4.78 is 12.0. The fourth-order valence-electron chi connectivity index (χ4n) is 2.80. The van der Waals surface area contributed by atoms with Gasteiger partial charge < -0.3 is 14.8 Å². The van der Waals surface area contributed by atoms with Crippen molar-refractivity contribution >= 4 is 56.8 Å². The van der Waals surface area contributed by atoms with Crippen molar-refractivity contribution in [3.63, 3.8) is 0 Å². The Morgan fingerprint density at radius 2 is 1.81 bits per heavy atom. The summed E-state index contributed by atoms with van der Waals surface area (Å²) in [6.07, 6.45) is 1.46. The van der Waals surface area contributed by atoms with Crippen LogP contribution in [0.3, 0.4) is 0 Å². The van der Waals surface area contributed by atoms with Crippen LogP contribution in [0.25, 0.3) is 6.08 Å². The van der Waals surface area contributed by atoms with E-state index in [0.29, 0.717) is 37.3 Å². The summed E-state index contributed by atoms with van der Waals surface area (Å²) in [6, 6.07) is 19.5. The van der Waals surface area contributed by atoms with Crippen molar-refractivity contribution in [3.05, 3.63) is 91.9 Å². The number of halogens is 3. The van der Waals surface area contributed by atoms with Crippen LogP contribution in [-0.2, 0) is 11.4 Å². The molecule has 0 bridgehead atoms. The van der Waals surface area contributed by atoms with Crippen molar-refractivity contribution in [1.29, 1.82) is 5.26 Å².